The standard InChI is InChI=1S/C26H30F2IN5O3/c1-16-14-17(29)5-6-20(16)32-24-19(26(36)37)15-18(22(27)23(24)28)25(35)34-12-10-33(11-13-34)9-3-2-4-21-30-7-8-31-21/h5-6,14-15,32H,2-4,7-13H2,1H3,(H,30,31)(H,36,37). The predicted molar refractivity (Wildman–Crippen MR) is 147 cm³/mol. The molecule has 8 nitrogen and oxygen atoms in total. The second-order valence-corrected chi connectivity index (χ2v) is 10.5. The first kappa shape index (κ1) is 27.2. The van der Waals surface area contributed by atoms with Gasteiger partial charge in [-0.15, -0.1) is 0 Å². The Balaban J connectivity index is 1.41. The summed E-state index contributed by atoms with van der Waals surface area (Å²) in [5.74, 6) is -3.84. The average molecular weight is 625 g/mol. The van der Waals surface area contributed by atoms with E-state index < -0.39 is 40.3 Å². The highest BCUT2D eigenvalue weighted by atomic mass is 127. The number of piperazine rings is 1. The van der Waals surface area contributed by atoms with Crippen molar-refractivity contribution in [3.8, 4) is 0 Å². The molecule has 4 rings (SSSR count). The summed E-state index contributed by atoms with van der Waals surface area (Å²) in [6.07, 6.45) is 2.96. The van der Waals surface area contributed by atoms with E-state index in [1.165, 1.54) is 4.90 Å². The minimum Gasteiger partial charge on any atom is -0.478 e. The number of hydrogen-bond donors (Lipinski definition) is 3. The molecule has 2 aliphatic rings. The lowest BCUT2D eigenvalue weighted by Gasteiger charge is -2.35. The van der Waals surface area contributed by atoms with E-state index in [2.05, 4.69) is 43.1 Å². The van der Waals surface area contributed by atoms with Crippen LogP contribution < -0.4 is 10.6 Å². The lowest BCUT2D eigenvalue weighted by atomic mass is 10.0. The van der Waals surface area contributed by atoms with E-state index in [9.17, 15) is 14.7 Å². The number of carboxylic acid groups (broad SMARTS) is 1. The van der Waals surface area contributed by atoms with Crippen molar-refractivity contribution in [3.63, 3.8) is 0 Å². The largest absolute Gasteiger partial charge is 0.478 e. The minimum atomic E-state index is -1.46. The summed E-state index contributed by atoms with van der Waals surface area (Å²) in [6, 6.07) is 6.19. The third-order valence-corrected chi connectivity index (χ3v) is 7.33. The Bertz CT molecular complexity index is 1220. The van der Waals surface area contributed by atoms with Gasteiger partial charge in [0.15, 0.2) is 11.6 Å². The number of nitrogens with zero attached hydrogens (tertiary/aromatic N) is 3. The van der Waals surface area contributed by atoms with Crippen LogP contribution in [0.15, 0.2) is 29.3 Å². The zero-order valence-corrected chi connectivity index (χ0v) is 22.8. The number of amides is 1. The number of halogens is 3. The highest BCUT2D eigenvalue weighted by molar-refractivity contribution is 14.1. The fourth-order valence-corrected chi connectivity index (χ4v) is 5.21. The van der Waals surface area contributed by atoms with Gasteiger partial charge in [0.2, 0.25) is 0 Å². The summed E-state index contributed by atoms with van der Waals surface area (Å²) in [5.41, 5.74) is -0.387. The van der Waals surface area contributed by atoms with Gasteiger partial charge in [0.05, 0.1) is 29.2 Å². The Labute approximate surface area is 228 Å². The molecule has 3 N–H and O–H groups in total. The van der Waals surface area contributed by atoms with Gasteiger partial charge in [-0.05, 0) is 78.7 Å². The summed E-state index contributed by atoms with van der Waals surface area (Å²) in [6.45, 7) is 6.37. The van der Waals surface area contributed by atoms with Gasteiger partial charge in [0.1, 0.15) is 0 Å². The van der Waals surface area contributed by atoms with Gasteiger partial charge in [-0.2, -0.15) is 0 Å². The van der Waals surface area contributed by atoms with E-state index in [-0.39, 0.29) is 0 Å². The number of carbonyl (C=O) groups excluding carboxylic acids is 1. The topological polar surface area (TPSA) is 97.3 Å². The first-order valence-corrected chi connectivity index (χ1v) is 13.4. The maximum absolute atomic E-state index is 15.2. The molecule has 0 unspecified atom stereocenters. The van der Waals surface area contributed by atoms with Crippen molar-refractivity contribution in [2.45, 2.75) is 26.2 Å². The molecule has 1 amide bonds. The molecular weight excluding hydrogens is 595 g/mol. The number of carbonyl (C=O) groups is 2. The van der Waals surface area contributed by atoms with Gasteiger partial charge >= 0.3 is 5.97 Å². The minimum absolute atomic E-state index is 0.360. The van der Waals surface area contributed by atoms with Crippen LogP contribution in [0, 0.1) is 22.1 Å². The smallest absolute Gasteiger partial charge is 0.337 e. The molecule has 2 aliphatic heterocycles. The maximum atomic E-state index is 15.2. The third-order valence-electron chi connectivity index (χ3n) is 6.66. The number of carboxylic acids is 1. The van der Waals surface area contributed by atoms with Crippen molar-refractivity contribution < 1.29 is 23.5 Å². The first-order valence-electron chi connectivity index (χ1n) is 12.3. The second kappa shape index (κ2) is 12.2. The Morgan fingerprint density at radius 1 is 1.11 bits per heavy atom. The molecule has 1 saturated heterocycles. The van der Waals surface area contributed by atoms with Crippen LogP contribution in [0.25, 0.3) is 0 Å². The number of amidine groups is 1. The monoisotopic (exact) mass is 625 g/mol. The maximum Gasteiger partial charge on any atom is 0.337 e. The number of aromatic carboxylic acids is 1. The number of aryl methyl sites for hydroxylation is 1. The molecule has 37 heavy (non-hydrogen) atoms. The van der Waals surface area contributed by atoms with Crippen LogP contribution in [0.5, 0.6) is 0 Å². The molecule has 11 heteroatoms. The van der Waals surface area contributed by atoms with E-state index in [0.29, 0.717) is 31.9 Å². The van der Waals surface area contributed by atoms with E-state index in [1.807, 2.05) is 6.07 Å². The van der Waals surface area contributed by atoms with Crippen molar-refractivity contribution in [1.82, 2.24) is 15.1 Å². The highest BCUT2D eigenvalue weighted by Gasteiger charge is 2.30. The van der Waals surface area contributed by atoms with Crippen LogP contribution in [-0.2, 0) is 0 Å². The Morgan fingerprint density at radius 3 is 2.51 bits per heavy atom. The lowest BCUT2D eigenvalue weighted by Crippen LogP contribution is -2.49. The Kier molecular flexibility index (Phi) is 8.95. The normalized spacial score (nSPS) is 15.9. The quantitative estimate of drug-likeness (QED) is 0.285. The first-order chi connectivity index (χ1) is 17.7. The molecular formula is C26H30F2IN5O3. The van der Waals surface area contributed by atoms with Gasteiger partial charge < -0.3 is 20.6 Å². The third kappa shape index (κ3) is 6.56. The van der Waals surface area contributed by atoms with Gasteiger partial charge in [-0.25, -0.2) is 13.6 Å². The van der Waals surface area contributed by atoms with Crippen LogP contribution in [0.4, 0.5) is 20.2 Å². The zero-order chi connectivity index (χ0) is 26.5. The van der Waals surface area contributed by atoms with E-state index >= 15 is 8.78 Å². The molecule has 1 fully saturated rings. The average Bonchev–Trinajstić information content (AvgIpc) is 3.40. The van der Waals surface area contributed by atoms with Crippen LogP contribution in [0.3, 0.4) is 0 Å². The fraction of sp³-hybridized carbons (Fsp3) is 0.423. The van der Waals surface area contributed by atoms with Crippen molar-refractivity contribution in [2.24, 2.45) is 4.99 Å². The fourth-order valence-electron chi connectivity index (χ4n) is 4.56. The number of aliphatic imine (C=N–C) groups is 1. The summed E-state index contributed by atoms with van der Waals surface area (Å²) in [5, 5.41) is 15.7. The van der Waals surface area contributed by atoms with Crippen LogP contribution in [-0.4, -0.2) is 78.4 Å². The zero-order valence-electron chi connectivity index (χ0n) is 20.6. The number of rotatable bonds is 9. The van der Waals surface area contributed by atoms with Crippen LogP contribution in [0.1, 0.15) is 45.5 Å². The van der Waals surface area contributed by atoms with Crippen molar-refractivity contribution in [1.29, 1.82) is 0 Å². The van der Waals surface area contributed by atoms with Gasteiger partial charge in [-0.3, -0.25) is 14.7 Å². The SMILES string of the molecule is Cc1cc(I)ccc1Nc1c(C(=O)O)cc(C(=O)N2CCN(CCCCC3=NCCN3)CC2)c(F)c1F. The molecule has 198 valence electrons. The van der Waals surface area contributed by atoms with E-state index in [0.717, 1.165) is 59.9 Å². The molecule has 0 bridgehead atoms. The van der Waals surface area contributed by atoms with Crippen molar-refractivity contribution >= 4 is 51.7 Å². The molecule has 0 spiro atoms. The summed E-state index contributed by atoms with van der Waals surface area (Å²) in [4.78, 5) is 33.1. The number of nitrogens with one attached hydrogen (secondary N) is 2. The molecule has 0 aliphatic carbocycles. The number of hydrogen-bond acceptors (Lipinski definition) is 6. The Hall–Kier alpha value is -2.80. The van der Waals surface area contributed by atoms with Gasteiger partial charge in [0.25, 0.3) is 5.91 Å². The molecule has 2 aromatic carbocycles. The van der Waals surface area contributed by atoms with Crippen LogP contribution >= 0.6 is 22.6 Å². The van der Waals surface area contributed by atoms with E-state index in [1.54, 1.807) is 19.1 Å². The van der Waals surface area contributed by atoms with Crippen LogP contribution in [0.2, 0.25) is 0 Å². The van der Waals surface area contributed by atoms with Gasteiger partial charge in [-0.1, -0.05) is 0 Å². The van der Waals surface area contributed by atoms with Crippen molar-refractivity contribution in [2.75, 3.05) is 51.1 Å². The molecule has 0 radical (unpaired) electrons. The Morgan fingerprint density at radius 2 is 1.86 bits per heavy atom. The predicted octanol–water partition coefficient (Wildman–Crippen LogP) is 4.25. The lowest BCUT2D eigenvalue weighted by molar-refractivity contribution is 0.0630. The highest BCUT2D eigenvalue weighted by Crippen LogP contribution is 2.31. The van der Waals surface area contributed by atoms with Crippen molar-refractivity contribution in [3.05, 3.63) is 56.2 Å². The molecule has 2 aromatic rings. The van der Waals surface area contributed by atoms with E-state index in [4.69, 9.17) is 0 Å². The summed E-state index contributed by atoms with van der Waals surface area (Å²) < 4.78 is 31.2. The number of anilines is 2. The summed E-state index contributed by atoms with van der Waals surface area (Å²) in [7, 11) is 0. The summed E-state index contributed by atoms with van der Waals surface area (Å²) >= 11 is 2.12. The molecule has 2 heterocycles. The molecule has 0 saturated carbocycles. The second-order valence-electron chi connectivity index (χ2n) is 9.21. The molecule has 0 aromatic heterocycles. The van der Waals surface area contributed by atoms with Gasteiger partial charge in [0, 0.05) is 48.4 Å². The number of benzene rings is 2. The molecule has 0 atom stereocenters. The number of unbranched alkanes of at least 4 members (excludes halogenated alkanes) is 1.